The molecule has 1 saturated heterocycles. The van der Waals surface area contributed by atoms with Crippen LogP contribution in [0.15, 0.2) is 29.2 Å². The molecule has 0 spiro atoms. The second-order valence-corrected chi connectivity index (χ2v) is 13.2. The maximum atomic E-state index is 12.7. The quantitative estimate of drug-likeness (QED) is 0.559. The lowest BCUT2D eigenvalue weighted by Gasteiger charge is -2.36. The number of hydrogen-bond acceptors (Lipinski definition) is 4. The van der Waals surface area contributed by atoms with E-state index in [1.807, 2.05) is 36.0 Å². The van der Waals surface area contributed by atoms with Gasteiger partial charge < -0.3 is 10.2 Å². The molecule has 0 atom stereocenters. The SMILES string of the molecule is CCCC(C)(C)Sc1ccc(NC(=O)N(C)C2CCN(S(=O)(=O)C(C)C)CC2)cc1. The van der Waals surface area contributed by atoms with E-state index in [0.717, 1.165) is 18.5 Å². The molecule has 0 bridgehead atoms. The van der Waals surface area contributed by atoms with E-state index in [9.17, 15) is 13.2 Å². The topological polar surface area (TPSA) is 69.7 Å². The second kappa shape index (κ2) is 10.4. The lowest BCUT2D eigenvalue weighted by molar-refractivity contribution is 0.173. The Hall–Kier alpha value is -1.25. The first-order valence-electron chi connectivity index (χ1n) is 10.8. The Kier molecular flexibility index (Phi) is 8.65. The molecule has 0 aliphatic carbocycles. The fourth-order valence-corrected chi connectivity index (χ4v) is 6.27. The van der Waals surface area contributed by atoms with E-state index in [1.54, 1.807) is 30.1 Å². The van der Waals surface area contributed by atoms with Gasteiger partial charge in [-0.3, -0.25) is 0 Å². The van der Waals surface area contributed by atoms with E-state index in [0.29, 0.717) is 25.9 Å². The average Bonchev–Trinajstić information content (AvgIpc) is 2.68. The highest BCUT2D eigenvalue weighted by atomic mass is 32.2. The molecular formula is C22H37N3O3S2. The normalized spacial score (nSPS) is 16.6. The number of carbonyl (C=O) groups excluding carboxylic acids is 1. The van der Waals surface area contributed by atoms with Crippen molar-refractivity contribution < 1.29 is 13.2 Å². The van der Waals surface area contributed by atoms with Gasteiger partial charge in [0.05, 0.1) is 5.25 Å². The van der Waals surface area contributed by atoms with E-state index < -0.39 is 15.3 Å². The van der Waals surface area contributed by atoms with Crippen LogP contribution in [0.25, 0.3) is 0 Å². The summed E-state index contributed by atoms with van der Waals surface area (Å²) >= 11 is 1.85. The van der Waals surface area contributed by atoms with E-state index in [4.69, 9.17) is 0 Å². The molecule has 0 unspecified atom stereocenters. The number of hydrogen-bond donors (Lipinski definition) is 1. The largest absolute Gasteiger partial charge is 0.325 e. The van der Waals surface area contributed by atoms with Crippen molar-refractivity contribution in [3.05, 3.63) is 24.3 Å². The lowest BCUT2D eigenvalue weighted by Crippen LogP contribution is -2.49. The highest BCUT2D eigenvalue weighted by Gasteiger charge is 2.32. The summed E-state index contributed by atoms with van der Waals surface area (Å²) in [5.41, 5.74) is 0.768. The van der Waals surface area contributed by atoms with Gasteiger partial charge in [0, 0.05) is 41.5 Å². The summed E-state index contributed by atoms with van der Waals surface area (Å²) in [7, 11) is -1.44. The second-order valence-electron chi connectivity index (χ2n) is 8.90. The van der Waals surface area contributed by atoms with Crippen LogP contribution < -0.4 is 5.32 Å². The minimum Gasteiger partial charge on any atom is -0.325 e. The molecule has 30 heavy (non-hydrogen) atoms. The van der Waals surface area contributed by atoms with Crippen LogP contribution in [0, 0.1) is 0 Å². The van der Waals surface area contributed by atoms with Gasteiger partial charge in [-0.1, -0.05) is 27.2 Å². The Labute approximate surface area is 186 Å². The van der Waals surface area contributed by atoms with Crippen LogP contribution in [0.5, 0.6) is 0 Å². The highest BCUT2D eigenvalue weighted by molar-refractivity contribution is 8.00. The molecule has 8 heteroatoms. The number of amides is 2. The van der Waals surface area contributed by atoms with Crippen LogP contribution in [0.4, 0.5) is 10.5 Å². The van der Waals surface area contributed by atoms with E-state index in [1.165, 1.54) is 4.90 Å². The number of nitrogens with one attached hydrogen (secondary N) is 1. The summed E-state index contributed by atoms with van der Waals surface area (Å²) in [6.45, 7) is 11.0. The van der Waals surface area contributed by atoms with Crippen LogP contribution in [0.2, 0.25) is 0 Å². The zero-order chi connectivity index (χ0) is 22.5. The van der Waals surface area contributed by atoms with Gasteiger partial charge in [-0.2, -0.15) is 0 Å². The molecule has 1 aromatic carbocycles. The molecule has 0 aromatic heterocycles. The minimum absolute atomic E-state index is 0.0354. The summed E-state index contributed by atoms with van der Waals surface area (Å²) in [4.78, 5) is 15.6. The number of piperidine rings is 1. The van der Waals surface area contributed by atoms with Crippen molar-refractivity contribution in [2.45, 2.75) is 81.2 Å². The standard InChI is InChI=1S/C22H37N3O3S2/c1-7-14-22(4,5)29-20-10-8-18(9-11-20)23-21(26)24(6)19-12-15-25(16-13-19)30(27,28)17(2)3/h8-11,17,19H,7,12-16H2,1-6H3,(H,23,26). The number of nitrogens with zero attached hydrogens (tertiary/aromatic N) is 2. The Balaban J connectivity index is 1.89. The van der Waals surface area contributed by atoms with Crippen LogP contribution in [-0.2, 0) is 10.0 Å². The zero-order valence-electron chi connectivity index (χ0n) is 19.1. The molecule has 2 rings (SSSR count). The first-order valence-corrected chi connectivity index (χ1v) is 13.1. The predicted octanol–water partition coefficient (Wildman–Crippen LogP) is 5.02. The molecule has 1 fully saturated rings. The minimum atomic E-state index is -3.23. The number of thioether (sulfide) groups is 1. The molecule has 0 saturated carbocycles. The van der Waals surface area contributed by atoms with Crippen LogP contribution in [0.3, 0.4) is 0 Å². The maximum absolute atomic E-state index is 12.7. The summed E-state index contributed by atoms with van der Waals surface area (Å²) in [5.74, 6) is 0. The molecule has 0 radical (unpaired) electrons. The molecule has 1 aliphatic heterocycles. The van der Waals surface area contributed by atoms with Crippen molar-refractivity contribution in [1.29, 1.82) is 0 Å². The average molecular weight is 456 g/mol. The van der Waals surface area contributed by atoms with Gasteiger partial charge >= 0.3 is 6.03 Å². The third kappa shape index (κ3) is 6.62. The zero-order valence-corrected chi connectivity index (χ0v) is 20.8. The Morgan fingerprint density at radius 1 is 1.23 bits per heavy atom. The number of urea groups is 1. The van der Waals surface area contributed by atoms with Crippen molar-refractivity contribution in [2.75, 3.05) is 25.5 Å². The van der Waals surface area contributed by atoms with Gasteiger partial charge in [0.25, 0.3) is 0 Å². The Morgan fingerprint density at radius 3 is 2.30 bits per heavy atom. The van der Waals surface area contributed by atoms with Gasteiger partial charge in [-0.25, -0.2) is 17.5 Å². The monoisotopic (exact) mass is 455 g/mol. The molecule has 1 aromatic rings. The number of rotatable bonds is 8. The fraction of sp³-hybridized carbons (Fsp3) is 0.682. The van der Waals surface area contributed by atoms with Crippen LogP contribution in [-0.4, -0.2) is 59.8 Å². The van der Waals surface area contributed by atoms with Gasteiger partial charge in [-0.05, 0) is 57.4 Å². The number of benzene rings is 1. The number of anilines is 1. The smallest absolute Gasteiger partial charge is 0.321 e. The Bertz CT molecular complexity index is 799. The maximum Gasteiger partial charge on any atom is 0.321 e. The summed E-state index contributed by atoms with van der Waals surface area (Å²) < 4.78 is 26.4. The van der Waals surface area contributed by atoms with Gasteiger partial charge in [0.2, 0.25) is 10.0 Å². The first kappa shape index (κ1) is 25.0. The first-order chi connectivity index (χ1) is 14.0. The summed E-state index contributed by atoms with van der Waals surface area (Å²) in [6, 6.07) is 7.85. The van der Waals surface area contributed by atoms with E-state index in [2.05, 4.69) is 26.1 Å². The van der Waals surface area contributed by atoms with Crippen LogP contribution in [0.1, 0.15) is 60.3 Å². The van der Waals surface area contributed by atoms with Crippen molar-refractivity contribution in [3.8, 4) is 0 Å². The van der Waals surface area contributed by atoms with Crippen molar-refractivity contribution in [3.63, 3.8) is 0 Å². The molecule has 2 amide bonds. The third-order valence-corrected chi connectivity index (χ3v) is 9.14. The summed E-state index contributed by atoms with van der Waals surface area (Å²) in [6.07, 6.45) is 3.61. The van der Waals surface area contributed by atoms with Gasteiger partial charge in [0.1, 0.15) is 0 Å². The molecule has 170 valence electrons. The summed E-state index contributed by atoms with van der Waals surface area (Å²) in [5, 5.41) is 2.55. The van der Waals surface area contributed by atoms with E-state index in [-0.39, 0.29) is 16.8 Å². The molecule has 1 N–H and O–H groups in total. The molecule has 1 heterocycles. The predicted molar refractivity (Wildman–Crippen MR) is 127 cm³/mol. The number of sulfonamides is 1. The van der Waals surface area contributed by atoms with Crippen molar-refractivity contribution >= 4 is 33.5 Å². The van der Waals surface area contributed by atoms with Gasteiger partial charge in [0.15, 0.2) is 0 Å². The lowest BCUT2D eigenvalue weighted by atomic mass is 10.1. The number of carbonyl (C=O) groups is 1. The third-order valence-electron chi connectivity index (χ3n) is 5.60. The molecular weight excluding hydrogens is 418 g/mol. The van der Waals surface area contributed by atoms with Crippen molar-refractivity contribution in [2.24, 2.45) is 0 Å². The van der Waals surface area contributed by atoms with E-state index >= 15 is 0 Å². The Morgan fingerprint density at radius 2 is 1.80 bits per heavy atom. The fourth-order valence-electron chi connectivity index (χ4n) is 3.74. The molecule has 6 nitrogen and oxygen atoms in total. The van der Waals surface area contributed by atoms with Crippen molar-refractivity contribution in [1.82, 2.24) is 9.21 Å². The van der Waals surface area contributed by atoms with Gasteiger partial charge in [-0.15, -0.1) is 11.8 Å². The van der Waals surface area contributed by atoms with Crippen LogP contribution >= 0.6 is 11.8 Å². The highest BCUT2D eigenvalue weighted by Crippen LogP contribution is 2.36. The molecule has 1 aliphatic rings.